The first-order valence-corrected chi connectivity index (χ1v) is 4.62. The molecule has 1 aromatic carbocycles. The number of nitrogens with one attached hydrogen (secondary N) is 2. The van der Waals surface area contributed by atoms with Gasteiger partial charge in [0.15, 0.2) is 0 Å². The number of aromatic amines is 1. The van der Waals surface area contributed by atoms with Gasteiger partial charge in [0.2, 0.25) is 0 Å². The van der Waals surface area contributed by atoms with Crippen LogP contribution in [-0.2, 0) is 0 Å². The fourth-order valence-electron chi connectivity index (χ4n) is 1.24. The number of anilines is 2. The van der Waals surface area contributed by atoms with Crippen LogP contribution in [0.1, 0.15) is 10.4 Å². The lowest BCUT2D eigenvalue weighted by molar-refractivity contribution is 0.102. The predicted molar refractivity (Wildman–Crippen MR) is 57.3 cm³/mol. The van der Waals surface area contributed by atoms with Crippen molar-refractivity contribution in [2.45, 2.75) is 0 Å². The highest BCUT2D eigenvalue weighted by Gasteiger charge is 2.13. The standard InChI is InChI=1S/C10H8F2N4O/c11-7-1-5(2-8(12)9(7)13)10(17)16-6-3-14-15-4-6/h1-4H,13H2,(H,14,15)(H,16,17). The number of amides is 1. The van der Waals surface area contributed by atoms with E-state index in [1.54, 1.807) is 0 Å². The maximum atomic E-state index is 13.1. The number of carbonyl (C=O) groups excluding carboxylic acids is 1. The van der Waals surface area contributed by atoms with E-state index in [9.17, 15) is 13.6 Å². The second kappa shape index (κ2) is 4.20. The number of carbonyl (C=O) groups is 1. The molecular formula is C10H8F2N4O. The molecule has 0 aliphatic carbocycles. The van der Waals surface area contributed by atoms with Gasteiger partial charge >= 0.3 is 0 Å². The van der Waals surface area contributed by atoms with Gasteiger partial charge in [-0.3, -0.25) is 9.89 Å². The van der Waals surface area contributed by atoms with Gasteiger partial charge in [0, 0.05) is 11.8 Å². The van der Waals surface area contributed by atoms with Crippen molar-refractivity contribution in [3.63, 3.8) is 0 Å². The van der Waals surface area contributed by atoms with Crippen LogP contribution in [0.3, 0.4) is 0 Å². The van der Waals surface area contributed by atoms with E-state index in [0.717, 1.165) is 12.1 Å². The molecule has 1 amide bonds. The average molecular weight is 238 g/mol. The zero-order chi connectivity index (χ0) is 12.4. The largest absolute Gasteiger partial charge is 0.394 e. The van der Waals surface area contributed by atoms with Crippen molar-refractivity contribution in [1.29, 1.82) is 0 Å². The topological polar surface area (TPSA) is 83.8 Å². The molecule has 4 N–H and O–H groups in total. The Kier molecular flexibility index (Phi) is 2.73. The van der Waals surface area contributed by atoms with Gasteiger partial charge in [-0.05, 0) is 12.1 Å². The smallest absolute Gasteiger partial charge is 0.255 e. The fraction of sp³-hybridized carbons (Fsp3) is 0. The number of hydrogen-bond donors (Lipinski definition) is 3. The van der Waals surface area contributed by atoms with E-state index < -0.39 is 23.2 Å². The maximum absolute atomic E-state index is 13.1. The molecule has 0 spiro atoms. The first-order valence-electron chi connectivity index (χ1n) is 4.62. The van der Waals surface area contributed by atoms with Gasteiger partial charge in [-0.25, -0.2) is 8.78 Å². The number of hydrogen-bond acceptors (Lipinski definition) is 3. The Hall–Kier alpha value is -2.44. The molecule has 2 rings (SSSR count). The van der Waals surface area contributed by atoms with E-state index >= 15 is 0 Å². The molecular weight excluding hydrogens is 230 g/mol. The quantitative estimate of drug-likeness (QED) is 0.693. The van der Waals surface area contributed by atoms with Crippen molar-refractivity contribution in [1.82, 2.24) is 10.2 Å². The van der Waals surface area contributed by atoms with Crippen LogP contribution in [0.25, 0.3) is 0 Å². The number of aromatic nitrogens is 2. The molecule has 1 aromatic heterocycles. The van der Waals surface area contributed by atoms with Crippen LogP contribution < -0.4 is 11.1 Å². The first-order chi connectivity index (χ1) is 8.08. The van der Waals surface area contributed by atoms with Crippen molar-refractivity contribution in [3.05, 3.63) is 41.7 Å². The third-order valence-electron chi connectivity index (χ3n) is 2.10. The lowest BCUT2D eigenvalue weighted by atomic mass is 10.1. The molecule has 0 aliphatic rings. The van der Waals surface area contributed by atoms with Crippen molar-refractivity contribution in [3.8, 4) is 0 Å². The fourth-order valence-corrected chi connectivity index (χ4v) is 1.24. The number of halogens is 2. The van der Waals surface area contributed by atoms with Crippen LogP contribution in [-0.4, -0.2) is 16.1 Å². The Morgan fingerprint density at radius 2 is 2.00 bits per heavy atom. The van der Waals surface area contributed by atoms with Crippen LogP contribution in [0.15, 0.2) is 24.5 Å². The van der Waals surface area contributed by atoms with Gasteiger partial charge in [-0.1, -0.05) is 0 Å². The van der Waals surface area contributed by atoms with E-state index in [4.69, 9.17) is 5.73 Å². The zero-order valence-corrected chi connectivity index (χ0v) is 8.50. The molecule has 2 aromatic rings. The third kappa shape index (κ3) is 2.22. The van der Waals surface area contributed by atoms with Crippen LogP contribution in [0.5, 0.6) is 0 Å². The second-order valence-corrected chi connectivity index (χ2v) is 3.29. The van der Waals surface area contributed by atoms with E-state index in [1.807, 2.05) is 0 Å². The zero-order valence-electron chi connectivity index (χ0n) is 8.50. The van der Waals surface area contributed by atoms with Gasteiger partial charge in [0.05, 0.1) is 11.9 Å². The van der Waals surface area contributed by atoms with Crippen LogP contribution >= 0.6 is 0 Å². The summed E-state index contributed by atoms with van der Waals surface area (Å²) in [7, 11) is 0. The molecule has 5 nitrogen and oxygen atoms in total. The lowest BCUT2D eigenvalue weighted by Gasteiger charge is -2.04. The van der Waals surface area contributed by atoms with Gasteiger partial charge in [0.1, 0.15) is 17.3 Å². The highest BCUT2D eigenvalue weighted by molar-refractivity contribution is 6.04. The molecule has 88 valence electrons. The minimum absolute atomic E-state index is 0.157. The lowest BCUT2D eigenvalue weighted by Crippen LogP contribution is -2.12. The van der Waals surface area contributed by atoms with Gasteiger partial charge in [0.25, 0.3) is 5.91 Å². The molecule has 0 fully saturated rings. The third-order valence-corrected chi connectivity index (χ3v) is 2.10. The van der Waals surface area contributed by atoms with Crippen molar-refractivity contribution >= 4 is 17.3 Å². The van der Waals surface area contributed by atoms with Crippen molar-refractivity contribution < 1.29 is 13.6 Å². The molecule has 1 heterocycles. The normalized spacial score (nSPS) is 10.2. The molecule has 0 radical (unpaired) electrons. The summed E-state index contributed by atoms with van der Waals surface area (Å²) < 4.78 is 26.2. The van der Waals surface area contributed by atoms with Crippen molar-refractivity contribution in [2.75, 3.05) is 11.1 Å². The average Bonchev–Trinajstić information content (AvgIpc) is 2.77. The second-order valence-electron chi connectivity index (χ2n) is 3.29. The van der Waals surface area contributed by atoms with E-state index in [-0.39, 0.29) is 5.56 Å². The van der Waals surface area contributed by atoms with Crippen LogP contribution in [0, 0.1) is 11.6 Å². The predicted octanol–water partition coefficient (Wildman–Crippen LogP) is 1.52. The van der Waals surface area contributed by atoms with Crippen LogP contribution in [0.2, 0.25) is 0 Å². The highest BCUT2D eigenvalue weighted by Crippen LogP contribution is 2.18. The Morgan fingerprint density at radius 3 is 2.53 bits per heavy atom. The number of rotatable bonds is 2. The number of H-pyrrole nitrogens is 1. The Morgan fingerprint density at radius 1 is 1.35 bits per heavy atom. The van der Waals surface area contributed by atoms with Gasteiger partial charge in [-0.2, -0.15) is 5.10 Å². The van der Waals surface area contributed by atoms with Gasteiger partial charge < -0.3 is 11.1 Å². The Bertz CT molecular complexity index is 530. The summed E-state index contributed by atoms with van der Waals surface area (Å²) in [6.45, 7) is 0. The molecule has 17 heavy (non-hydrogen) atoms. The number of benzene rings is 1. The number of nitrogens with two attached hydrogens (primary N) is 1. The molecule has 0 bridgehead atoms. The highest BCUT2D eigenvalue weighted by atomic mass is 19.1. The van der Waals surface area contributed by atoms with E-state index in [1.165, 1.54) is 12.4 Å². The Labute approximate surface area is 94.6 Å². The monoisotopic (exact) mass is 238 g/mol. The maximum Gasteiger partial charge on any atom is 0.255 e. The molecule has 0 saturated carbocycles. The molecule has 0 atom stereocenters. The minimum atomic E-state index is -0.970. The summed E-state index contributed by atoms with van der Waals surface area (Å²) in [5, 5.41) is 8.50. The number of nitrogen functional groups attached to an aromatic ring is 1. The van der Waals surface area contributed by atoms with Gasteiger partial charge in [-0.15, -0.1) is 0 Å². The number of nitrogens with zero attached hydrogens (tertiary/aromatic N) is 1. The molecule has 0 aliphatic heterocycles. The first kappa shape index (κ1) is 11.1. The van der Waals surface area contributed by atoms with E-state index in [2.05, 4.69) is 15.5 Å². The summed E-state index contributed by atoms with van der Waals surface area (Å²) in [5.41, 5.74) is 4.72. The van der Waals surface area contributed by atoms with Crippen molar-refractivity contribution in [2.24, 2.45) is 0 Å². The molecule has 0 unspecified atom stereocenters. The summed E-state index contributed by atoms with van der Waals surface area (Å²) >= 11 is 0. The molecule has 0 saturated heterocycles. The summed E-state index contributed by atoms with van der Waals surface area (Å²) in [5.74, 6) is -2.59. The SMILES string of the molecule is Nc1c(F)cc(C(=O)Nc2cn[nH]c2)cc1F. The summed E-state index contributed by atoms with van der Waals surface area (Å²) in [6.07, 6.45) is 2.80. The van der Waals surface area contributed by atoms with E-state index in [0.29, 0.717) is 5.69 Å². The molecule has 7 heteroatoms. The minimum Gasteiger partial charge on any atom is -0.394 e. The summed E-state index contributed by atoms with van der Waals surface area (Å²) in [6, 6.07) is 1.74. The Balaban J connectivity index is 2.26. The summed E-state index contributed by atoms with van der Waals surface area (Å²) in [4.78, 5) is 11.6. The van der Waals surface area contributed by atoms with Crippen LogP contribution in [0.4, 0.5) is 20.2 Å².